The molecule has 0 spiro atoms. The zero-order valence-electron chi connectivity index (χ0n) is 5.79. The molecule has 0 aliphatic carbocycles. The highest BCUT2D eigenvalue weighted by molar-refractivity contribution is 5.93. The number of hydrogen-bond donors (Lipinski definition) is 0. The third-order valence-corrected chi connectivity index (χ3v) is 1.70. The average Bonchev–Trinajstić information content (AvgIpc) is 2.13. The lowest BCUT2D eigenvalue weighted by Crippen LogP contribution is -2.13. The summed E-state index contributed by atoms with van der Waals surface area (Å²) in [6.45, 7) is 4.11. The van der Waals surface area contributed by atoms with Gasteiger partial charge in [-0.25, -0.2) is 4.99 Å². The minimum atomic E-state index is 0.0602. The van der Waals surface area contributed by atoms with E-state index in [4.69, 9.17) is 0 Å². The molecule has 50 valence electrons. The van der Waals surface area contributed by atoms with Crippen LogP contribution in [0.25, 0.3) is 0 Å². The Hall–Kier alpha value is -0.660. The van der Waals surface area contributed by atoms with Crippen molar-refractivity contribution in [2.24, 2.45) is 16.8 Å². The van der Waals surface area contributed by atoms with E-state index in [9.17, 15) is 4.79 Å². The van der Waals surface area contributed by atoms with Crippen LogP contribution in [0.4, 0.5) is 0 Å². The second kappa shape index (κ2) is 2.29. The Morgan fingerprint density at radius 3 is 2.67 bits per heavy atom. The van der Waals surface area contributed by atoms with Crippen molar-refractivity contribution in [3.63, 3.8) is 0 Å². The zero-order chi connectivity index (χ0) is 6.85. The molecule has 1 aliphatic rings. The van der Waals surface area contributed by atoms with E-state index in [1.807, 2.05) is 0 Å². The molecule has 0 saturated heterocycles. The standard InChI is InChI=1S/C7H11NO/c1-5(2)6-3-4-8-7(6)9/h4-6H,3H2,1-2H3/t6-/m0/s1. The van der Waals surface area contributed by atoms with E-state index in [0.717, 1.165) is 6.42 Å². The van der Waals surface area contributed by atoms with E-state index in [-0.39, 0.29) is 11.8 Å². The van der Waals surface area contributed by atoms with E-state index in [2.05, 4.69) is 18.8 Å². The zero-order valence-corrected chi connectivity index (χ0v) is 5.79. The van der Waals surface area contributed by atoms with Gasteiger partial charge in [0.1, 0.15) is 0 Å². The highest BCUT2D eigenvalue weighted by atomic mass is 16.1. The maximum atomic E-state index is 10.8. The van der Waals surface area contributed by atoms with Crippen LogP contribution in [-0.2, 0) is 4.79 Å². The molecule has 1 rings (SSSR count). The summed E-state index contributed by atoms with van der Waals surface area (Å²) in [7, 11) is 0. The quantitative estimate of drug-likeness (QED) is 0.518. The van der Waals surface area contributed by atoms with Gasteiger partial charge >= 0.3 is 0 Å². The van der Waals surface area contributed by atoms with E-state index < -0.39 is 0 Å². The third-order valence-electron chi connectivity index (χ3n) is 1.70. The van der Waals surface area contributed by atoms with Gasteiger partial charge in [0.15, 0.2) is 0 Å². The number of nitrogens with zero attached hydrogens (tertiary/aromatic N) is 1. The van der Waals surface area contributed by atoms with Crippen LogP contribution < -0.4 is 0 Å². The lowest BCUT2D eigenvalue weighted by atomic mass is 9.94. The highest BCUT2D eigenvalue weighted by Crippen LogP contribution is 2.19. The van der Waals surface area contributed by atoms with Gasteiger partial charge in [-0.05, 0) is 12.3 Å². The lowest BCUT2D eigenvalue weighted by Gasteiger charge is -2.08. The van der Waals surface area contributed by atoms with Crippen LogP contribution >= 0.6 is 0 Å². The summed E-state index contributed by atoms with van der Waals surface area (Å²) in [5, 5.41) is 0. The molecule has 0 aromatic rings. The fraction of sp³-hybridized carbons (Fsp3) is 0.714. The second-order valence-electron chi connectivity index (χ2n) is 2.74. The molecule has 2 nitrogen and oxygen atoms in total. The molecule has 0 bridgehead atoms. The van der Waals surface area contributed by atoms with Crippen molar-refractivity contribution in [3.05, 3.63) is 0 Å². The average molecular weight is 125 g/mol. The summed E-state index contributed by atoms with van der Waals surface area (Å²) < 4.78 is 0. The number of carbonyl (C=O) groups is 1. The number of rotatable bonds is 1. The second-order valence-corrected chi connectivity index (χ2v) is 2.74. The topological polar surface area (TPSA) is 29.4 Å². The molecule has 0 saturated carbocycles. The van der Waals surface area contributed by atoms with Gasteiger partial charge in [-0.3, -0.25) is 4.79 Å². The van der Waals surface area contributed by atoms with Gasteiger partial charge in [0.25, 0.3) is 0 Å². The molecule has 1 atom stereocenters. The van der Waals surface area contributed by atoms with Crippen LogP contribution in [0, 0.1) is 11.8 Å². The molecule has 0 N–H and O–H groups in total. The maximum Gasteiger partial charge on any atom is 0.249 e. The normalized spacial score (nSPS) is 26.1. The minimum absolute atomic E-state index is 0.0602. The van der Waals surface area contributed by atoms with Gasteiger partial charge in [-0.1, -0.05) is 13.8 Å². The first-order valence-electron chi connectivity index (χ1n) is 3.28. The monoisotopic (exact) mass is 125 g/mol. The van der Waals surface area contributed by atoms with E-state index >= 15 is 0 Å². The molecule has 9 heavy (non-hydrogen) atoms. The number of amides is 1. The largest absolute Gasteiger partial charge is 0.272 e. The van der Waals surface area contributed by atoms with Gasteiger partial charge < -0.3 is 0 Å². The van der Waals surface area contributed by atoms with E-state index in [1.165, 1.54) is 0 Å². The molecule has 1 aliphatic heterocycles. The fourth-order valence-electron chi connectivity index (χ4n) is 1.01. The van der Waals surface area contributed by atoms with E-state index in [1.54, 1.807) is 6.21 Å². The Morgan fingerprint density at radius 2 is 2.44 bits per heavy atom. The molecule has 0 fully saturated rings. The molecule has 0 radical (unpaired) electrons. The molecule has 1 amide bonds. The van der Waals surface area contributed by atoms with E-state index in [0.29, 0.717) is 5.92 Å². The SMILES string of the molecule is CC(C)[C@@H]1CC=NC1=O. The summed E-state index contributed by atoms with van der Waals surface area (Å²) in [6, 6.07) is 0. The first-order chi connectivity index (χ1) is 4.22. The molecule has 2 heteroatoms. The number of hydrogen-bond acceptors (Lipinski definition) is 1. The van der Waals surface area contributed by atoms with Crippen molar-refractivity contribution in [1.29, 1.82) is 0 Å². The Balaban J connectivity index is 2.56. The predicted octanol–water partition coefficient (Wildman–Crippen LogP) is 1.26. The molecular weight excluding hydrogens is 114 g/mol. The Labute approximate surface area is 55.0 Å². The van der Waals surface area contributed by atoms with Crippen LogP contribution in [0.2, 0.25) is 0 Å². The van der Waals surface area contributed by atoms with Crippen molar-refractivity contribution in [3.8, 4) is 0 Å². The van der Waals surface area contributed by atoms with Crippen molar-refractivity contribution < 1.29 is 4.79 Å². The number of carbonyl (C=O) groups excluding carboxylic acids is 1. The Bertz CT molecular complexity index is 149. The highest BCUT2D eigenvalue weighted by Gasteiger charge is 2.23. The van der Waals surface area contributed by atoms with Crippen LogP contribution in [0.3, 0.4) is 0 Å². The van der Waals surface area contributed by atoms with Crippen LogP contribution in [0.1, 0.15) is 20.3 Å². The molecular formula is C7H11NO. The summed E-state index contributed by atoms with van der Waals surface area (Å²) in [6.07, 6.45) is 2.56. The first kappa shape index (κ1) is 6.46. The summed E-state index contributed by atoms with van der Waals surface area (Å²) in [5.74, 6) is 0.676. The lowest BCUT2D eigenvalue weighted by molar-refractivity contribution is -0.121. The van der Waals surface area contributed by atoms with Crippen LogP contribution in [-0.4, -0.2) is 12.1 Å². The van der Waals surface area contributed by atoms with Crippen molar-refractivity contribution >= 4 is 12.1 Å². The summed E-state index contributed by atoms with van der Waals surface area (Å²) in [5.41, 5.74) is 0. The molecule has 0 aromatic carbocycles. The Kier molecular flexibility index (Phi) is 1.65. The Morgan fingerprint density at radius 1 is 1.78 bits per heavy atom. The molecule has 0 unspecified atom stereocenters. The van der Waals surface area contributed by atoms with Crippen LogP contribution in [0.15, 0.2) is 4.99 Å². The smallest absolute Gasteiger partial charge is 0.249 e. The number of aliphatic imine (C=N–C) groups is 1. The minimum Gasteiger partial charge on any atom is -0.272 e. The van der Waals surface area contributed by atoms with Gasteiger partial charge in [-0.2, -0.15) is 0 Å². The van der Waals surface area contributed by atoms with Gasteiger partial charge in [0.2, 0.25) is 5.91 Å². The maximum absolute atomic E-state index is 10.8. The summed E-state index contributed by atoms with van der Waals surface area (Å²) in [4.78, 5) is 14.5. The summed E-state index contributed by atoms with van der Waals surface area (Å²) >= 11 is 0. The van der Waals surface area contributed by atoms with Gasteiger partial charge in [-0.15, -0.1) is 0 Å². The third kappa shape index (κ3) is 1.18. The van der Waals surface area contributed by atoms with Crippen molar-refractivity contribution in [2.75, 3.05) is 0 Å². The van der Waals surface area contributed by atoms with Crippen molar-refractivity contribution in [2.45, 2.75) is 20.3 Å². The van der Waals surface area contributed by atoms with Gasteiger partial charge in [0, 0.05) is 12.1 Å². The fourth-order valence-corrected chi connectivity index (χ4v) is 1.01. The predicted molar refractivity (Wildman–Crippen MR) is 36.4 cm³/mol. The van der Waals surface area contributed by atoms with Crippen LogP contribution in [0.5, 0.6) is 0 Å². The first-order valence-corrected chi connectivity index (χ1v) is 3.28. The molecule has 1 heterocycles. The molecule has 0 aromatic heterocycles. The van der Waals surface area contributed by atoms with Crippen molar-refractivity contribution in [1.82, 2.24) is 0 Å². The van der Waals surface area contributed by atoms with Gasteiger partial charge in [0.05, 0.1) is 0 Å².